The molecule has 0 aliphatic carbocycles. The van der Waals surface area contributed by atoms with Gasteiger partial charge >= 0.3 is 16.1 Å². The summed E-state index contributed by atoms with van der Waals surface area (Å²) in [6.45, 7) is 1.14. The second-order valence-corrected chi connectivity index (χ2v) is 9.91. The number of aromatic nitrogens is 3. The monoisotopic (exact) mass is 497 g/mol. The molecular weight excluding hydrogens is 477 g/mol. The first-order valence-corrected chi connectivity index (χ1v) is 12.2. The molecule has 33 heavy (non-hydrogen) atoms. The minimum atomic E-state index is -4.09. The molecule has 1 atom stereocenters. The molecular formula is C20H21ClFN5O5S. The van der Waals surface area contributed by atoms with E-state index in [9.17, 15) is 22.4 Å². The van der Waals surface area contributed by atoms with Crippen molar-refractivity contribution < 1.29 is 21.8 Å². The van der Waals surface area contributed by atoms with Gasteiger partial charge in [0, 0.05) is 36.1 Å². The summed E-state index contributed by atoms with van der Waals surface area (Å²) in [5.74, 6) is -1.28. The molecule has 1 fully saturated rings. The number of hydrogen-bond acceptors (Lipinski definition) is 8. The molecule has 3 N–H and O–H groups in total. The lowest BCUT2D eigenvalue weighted by molar-refractivity contribution is 0.0741. The zero-order valence-electron chi connectivity index (χ0n) is 17.5. The van der Waals surface area contributed by atoms with Crippen LogP contribution in [-0.4, -0.2) is 54.4 Å². The highest BCUT2D eigenvalue weighted by Crippen LogP contribution is 2.30. The molecule has 0 bridgehead atoms. The Morgan fingerprint density at radius 1 is 1.42 bits per heavy atom. The number of carbonyl (C=O) groups excluding carboxylic acids is 1. The molecule has 0 saturated carbocycles. The van der Waals surface area contributed by atoms with E-state index in [0.29, 0.717) is 41.3 Å². The van der Waals surface area contributed by atoms with Crippen molar-refractivity contribution in [2.75, 3.05) is 24.2 Å². The van der Waals surface area contributed by atoms with Crippen molar-refractivity contribution in [1.82, 2.24) is 14.6 Å². The molecule has 0 amide bonds. The Bertz CT molecular complexity index is 1400. The number of fused-ring (bicyclic) bond motifs is 1. The molecule has 1 aliphatic heterocycles. The number of nitrogens with two attached hydrogens (primary N) is 1. The summed E-state index contributed by atoms with van der Waals surface area (Å²) < 4.78 is 42.0. The van der Waals surface area contributed by atoms with Crippen molar-refractivity contribution in [2.45, 2.75) is 25.3 Å². The first-order valence-electron chi connectivity index (χ1n) is 10.0. The molecule has 1 aromatic carbocycles. The van der Waals surface area contributed by atoms with Crippen LogP contribution >= 0.6 is 11.6 Å². The molecule has 1 unspecified atom stereocenters. The van der Waals surface area contributed by atoms with E-state index in [0.717, 1.165) is 12.8 Å². The molecule has 0 radical (unpaired) electrons. The van der Waals surface area contributed by atoms with Gasteiger partial charge in [-0.05, 0) is 36.6 Å². The van der Waals surface area contributed by atoms with Crippen LogP contribution in [0.1, 0.15) is 34.5 Å². The van der Waals surface area contributed by atoms with Gasteiger partial charge in [0.25, 0.3) is 5.56 Å². The Labute approximate surface area is 193 Å². The predicted molar refractivity (Wildman–Crippen MR) is 120 cm³/mol. The van der Waals surface area contributed by atoms with Gasteiger partial charge in [0.05, 0.1) is 12.5 Å². The van der Waals surface area contributed by atoms with Crippen molar-refractivity contribution in [1.29, 1.82) is 0 Å². The van der Waals surface area contributed by atoms with Crippen LogP contribution in [0.5, 0.6) is 0 Å². The lowest BCUT2D eigenvalue weighted by Gasteiger charge is -2.31. The SMILES string of the molecule is CS(=O)(=O)OC(=O)c1cn2nc(N3CCCC(N)C3)c(Cc3cc(F)ccc3Cl)c2c(=O)[nH]1. The van der Waals surface area contributed by atoms with Gasteiger partial charge in [-0.3, -0.25) is 4.79 Å². The predicted octanol–water partition coefficient (Wildman–Crippen LogP) is 1.45. The Hall–Kier alpha value is -2.96. The lowest BCUT2D eigenvalue weighted by atomic mass is 10.0. The van der Waals surface area contributed by atoms with Crippen molar-refractivity contribution >= 4 is 39.0 Å². The van der Waals surface area contributed by atoms with Crippen molar-refractivity contribution in [3.8, 4) is 0 Å². The average Bonchev–Trinajstić information content (AvgIpc) is 3.08. The molecule has 1 saturated heterocycles. The highest BCUT2D eigenvalue weighted by molar-refractivity contribution is 7.86. The van der Waals surface area contributed by atoms with E-state index >= 15 is 0 Å². The number of anilines is 1. The number of benzene rings is 1. The van der Waals surface area contributed by atoms with E-state index in [4.69, 9.17) is 17.3 Å². The third-order valence-electron chi connectivity index (χ3n) is 5.28. The maximum Gasteiger partial charge on any atom is 0.371 e. The van der Waals surface area contributed by atoms with Gasteiger partial charge in [0.15, 0.2) is 5.82 Å². The van der Waals surface area contributed by atoms with Gasteiger partial charge in [-0.25, -0.2) is 13.7 Å². The van der Waals surface area contributed by atoms with Gasteiger partial charge in [0.2, 0.25) is 0 Å². The van der Waals surface area contributed by atoms with Crippen LogP contribution in [-0.2, 0) is 20.7 Å². The van der Waals surface area contributed by atoms with Crippen molar-refractivity contribution in [3.05, 3.63) is 62.4 Å². The minimum absolute atomic E-state index is 0.0900. The highest BCUT2D eigenvalue weighted by atomic mass is 35.5. The normalized spacial score (nSPS) is 16.8. The number of nitrogens with one attached hydrogen (secondary N) is 1. The van der Waals surface area contributed by atoms with Gasteiger partial charge in [-0.2, -0.15) is 8.42 Å². The fourth-order valence-electron chi connectivity index (χ4n) is 3.90. The molecule has 0 spiro atoms. The zero-order valence-corrected chi connectivity index (χ0v) is 19.1. The first kappa shape index (κ1) is 23.2. The lowest BCUT2D eigenvalue weighted by Crippen LogP contribution is -2.43. The molecule has 2 aromatic heterocycles. The van der Waals surface area contributed by atoms with Crippen LogP contribution in [0.25, 0.3) is 5.52 Å². The summed E-state index contributed by atoms with van der Waals surface area (Å²) in [7, 11) is -4.09. The third-order valence-corrected chi connectivity index (χ3v) is 6.10. The van der Waals surface area contributed by atoms with E-state index in [2.05, 4.69) is 14.3 Å². The largest absolute Gasteiger partial charge is 0.371 e. The molecule has 13 heteroatoms. The molecule has 176 valence electrons. The number of nitrogens with zero attached hydrogens (tertiary/aromatic N) is 3. The van der Waals surface area contributed by atoms with Crippen LogP contribution in [0.15, 0.2) is 29.2 Å². The van der Waals surface area contributed by atoms with Gasteiger partial charge in [-0.15, -0.1) is 5.10 Å². The van der Waals surface area contributed by atoms with Gasteiger partial charge in [0.1, 0.15) is 17.0 Å². The third kappa shape index (κ3) is 5.02. The van der Waals surface area contributed by atoms with E-state index in [1.807, 2.05) is 4.90 Å². The standard InChI is InChI=1S/C20H21ClFN5O5S/c1-33(30,31)32-20(29)16-10-27-17(19(28)24-16)14(8-11-7-12(22)4-5-15(11)21)18(25-27)26-6-2-3-13(23)9-26/h4-5,7,10,13H,2-3,6,8-9,23H2,1H3,(H,24,28). The Kier molecular flexibility index (Phi) is 6.16. The smallest absolute Gasteiger partial charge is 0.353 e. The van der Waals surface area contributed by atoms with Crippen molar-refractivity contribution in [2.24, 2.45) is 5.73 Å². The second kappa shape index (κ2) is 8.76. The number of halogens is 2. The van der Waals surface area contributed by atoms with E-state index in [-0.39, 0.29) is 18.0 Å². The summed E-state index contributed by atoms with van der Waals surface area (Å²) in [4.78, 5) is 29.4. The maximum atomic E-state index is 13.9. The quantitative estimate of drug-likeness (QED) is 0.505. The molecule has 1 aliphatic rings. The number of rotatable bonds is 5. The van der Waals surface area contributed by atoms with E-state index < -0.39 is 33.2 Å². The Morgan fingerprint density at radius 2 is 2.18 bits per heavy atom. The fraction of sp³-hybridized carbons (Fsp3) is 0.350. The molecule has 3 aromatic rings. The zero-order chi connectivity index (χ0) is 23.9. The Morgan fingerprint density at radius 3 is 2.88 bits per heavy atom. The minimum Gasteiger partial charge on any atom is -0.353 e. The van der Waals surface area contributed by atoms with E-state index in [1.54, 1.807) is 0 Å². The molecule has 4 rings (SSSR count). The summed E-state index contributed by atoms with van der Waals surface area (Å²) in [6.07, 6.45) is 3.65. The first-order chi connectivity index (χ1) is 15.5. The fourth-order valence-corrected chi connectivity index (χ4v) is 4.45. The highest BCUT2D eigenvalue weighted by Gasteiger charge is 2.27. The summed E-state index contributed by atoms with van der Waals surface area (Å²) in [6, 6.07) is 3.85. The van der Waals surface area contributed by atoms with Crippen LogP contribution in [0.3, 0.4) is 0 Å². The summed E-state index contributed by atoms with van der Waals surface area (Å²) >= 11 is 6.26. The maximum absolute atomic E-state index is 13.9. The van der Waals surface area contributed by atoms with Crippen LogP contribution in [0.4, 0.5) is 10.2 Å². The number of H-pyrrole nitrogens is 1. The van der Waals surface area contributed by atoms with Gasteiger partial charge in [-0.1, -0.05) is 11.6 Å². The number of hydrogen-bond donors (Lipinski definition) is 2. The molecule has 10 nitrogen and oxygen atoms in total. The number of piperidine rings is 1. The van der Waals surface area contributed by atoms with E-state index in [1.165, 1.54) is 28.9 Å². The Balaban J connectivity index is 1.87. The van der Waals surface area contributed by atoms with Crippen molar-refractivity contribution in [3.63, 3.8) is 0 Å². The average molecular weight is 498 g/mol. The second-order valence-electron chi connectivity index (χ2n) is 7.93. The topological polar surface area (TPSA) is 140 Å². The van der Waals surface area contributed by atoms with Crippen LogP contribution in [0.2, 0.25) is 5.02 Å². The number of aromatic amines is 1. The van der Waals surface area contributed by atoms with Gasteiger partial charge < -0.3 is 19.8 Å². The van der Waals surface area contributed by atoms with Crippen LogP contribution < -0.4 is 16.2 Å². The summed E-state index contributed by atoms with van der Waals surface area (Å²) in [5.41, 5.74) is 6.08. The van der Waals surface area contributed by atoms with Crippen LogP contribution in [0, 0.1) is 5.82 Å². The number of carbonyl (C=O) groups is 1. The molecule has 3 heterocycles. The summed E-state index contributed by atoms with van der Waals surface area (Å²) in [5, 5.41) is 4.81.